The summed E-state index contributed by atoms with van der Waals surface area (Å²) < 4.78 is 5.41. The molecule has 5 nitrogen and oxygen atoms in total. The van der Waals surface area contributed by atoms with Gasteiger partial charge in [0.2, 0.25) is 0 Å². The first kappa shape index (κ1) is 17.9. The average molecular weight is 328 g/mol. The largest absolute Gasteiger partial charge is 0.496 e. The molecule has 1 aromatic carbocycles. The zero-order chi connectivity index (χ0) is 17.4. The van der Waals surface area contributed by atoms with Gasteiger partial charge in [0.1, 0.15) is 11.8 Å². The van der Waals surface area contributed by atoms with Crippen molar-refractivity contribution in [1.82, 2.24) is 10.3 Å². The van der Waals surface area contributed by atoms with Crippen LogP contribution in [0.5, 0.6) is 5.75 Å². The minimum Gasteiger partial charge on any atom is -0.496 e. The number of ether oxygens (including phenoxy) is 1. The minimum absolute atomic E-state index is 0.447. The average Bonchev–Trinajstić information content (AvgIpc) is 2.62. The van der Waals surface area contributed by atoms with Gasteiger partial charge in [-0.15, -0.1) is 0 Å². The SMILES string of the molecule is CCCCC(NCc1cc(-c2ccncc2)ccc1OC)C(=O)O. The van der Waals surface area contributed by atoms with Gasteiger partial charge in [-0.05, 0) is 41.8 Å². The maximum atomic E-state index is 11.4. The maximum Gasteiger partial charge on any atom is 0.320 e. The molecule has 128 valence electrons. The number of carboxylic acid groups (broad SMARTS) is 1. The number of hydrogen-bond acceptors (Lipinski definition) is 4. The van der Waals surface area contributed by atoms with Crippen LogP contribution in [0.25, 0.3) is 11.1 Å². The third-order valence-electron chi connectivity index (χ3n) is 3.98. The van der Waals surface area contributed by atoms with Crippen molar-refractivity contribution < 1.29 is 14.6 Å². The van der Waals surface area contributed by atoms with Crippen LogP contribution in [0.3, 0.4) is 0 Å². The first-order chi connectivity index (χ1) is 11.7. The minimum atomic E-state index is -0.812. The van der Waals surface area contributed by atoms with Crippen LogP contribution < -0.4 is 10.1 Å². The lowest BCUT2D eigenvalue weighted by molar-refractivity contribution is -0.139. The summed E-state index contributed by atoms with van der Waals surface area (Å²) in [5.74, 6) is -0.0624. The van der Waals surface area contributed by atoms with Gasteiger partial charge in [-0.25, -0.2) is 0 Å². The molecule has 2 N–H and O–H groups in total. The molecule has 0 aliphatic rings. The predicted octanol–water partition coefficient (Wildman–Crippen LogP) is 3.49. The van der Waals surface area contributed by atoms with Crippen molar-refractivity contribution in [1.29, 1.82) is 0 Å². The van der Waals surface area contributed by atoms with E-state index in [9.17, 15) is 9.90 Å². The van der Waals surface area contributed by atoms with Gasteiger partial charge in [0.05, 0.1) is 7.11 Å². The Hall–Kier alpha value is -2.40. The first-order valence-electron chi connectivity index (χ1n) is 8.19. The highest BCUT2D eigenvalue weighted by Gasteiger charge is 2.17. The normalized spacial score (nSPS) is 11.9. The fraction of sp³-hybridized carbons (Fsp3) is 0.368. The molecule has 0 amide bonds. The highest BCUT2D eigenvalue weighted by atomic mass is 16.5. The summed E-state index contributed by atoms with van der Waals surface area (Å²) in [4.78, 5) is 15.4. The van der Waals surface area contributed by atoms with Gasteiger partial charge in [-0.1, -0.05) is 25.8 Å². The molecule has 5 heteroatoms. The van der Waals surface area contributed by atoms with E-state index in [1.54, 1.807) is 19.5 Å². The van der Waals surface area contributed by atoms with Gasteiger partial charge in [-0.3, -0.25) is 9.78 Å². The summed E-state index contributed by atoms with van der Waals surface area (Å²) in [6, 6.07) is 9.28. The van der Waals surface area contributed by atoms with Crippen molar-refractivity contribution in [3.8, 4) is 16.9 Å². The van der Waals surface area contributed by atoms with E-state index < -0.39 is 12.0 Å². The first-order valence-corrected chi connectivity index (χ1v) is 8.19. The van der Waals surface area contributed by atoms with E-state index in [-0.39, 0.29) is 0 Å². The Bertz CT molecular complexity index is 659. The second-order valence-corrected chi connectivity index (χ2v) is 5.68. The Kier molecular flexibility index (Phi) is 6.75. The molecule has 0 aliphatic carbocycles. The number of aromatic nitrogens is 1. The molecule has 0 saturated heterocycles. The zero-order valence-corrected chi connectivity index (χ0v) is 14.2. The lowest BCUT2D eigenvalue weighted by Gasteiger charge is -2.16. The third-order valence-corrected chi connectivity index (χ3v) is 3.98. The van der Waals surface area contributed by atoms with Crippen LogP contribution >= 0.6 is 0 Å². The topological polar surface area (TPSA) is 71.5 Å². The number of carboxylic acids is 1. The van der Waals surface area contributed by atoms with Crippen LogP contribution in [-0.4, -0.2) is 29.2 Å². The summed E-state index contributed by atoms with van der Waals surface area (Å²) in [6.07, 6.45) is 5.99. The number of rotatable bonds is 9. The van der Waals surface area contributed by atoms with Crippen molar-refractivity contribution in [2.24, 2.45) is 0 Å². The van der Waals surface area contributed by atoms with Crippen LogP contribution in [0.15, 0.2) is 42.7 Å². The van der Waals surface area contributed by atoms with Crippen molar-refractivity contribution in [2.45, 2.75) is 38.8 Å². The predicted molar refractivity (Wildman–Crippen MR) is 94.0 cm³/mol. The number of hydrogen-bond donors (Lipinski definition) is 2. The van der Waals surface area contributed by atoms with Crippen molar-refractivity contribution >= 4 is 5.97 Å². The van der Waals surface area contributed by atoms with Gasteiger partial charge >= 0.3 is 5.97 Å². The number of methoxy groups -OCH3 is 1. The monoisotopic (exact) mass is 328 g/mol. The molecular weight excluding hydrogens is 304 g/mol. The van der Waals surface area contributed by atoms with Crippen LogP contribution in [0.4, 0.5) is 0 Å². The van der Waals surface area contributed by atoms with Crippen LogP contribution in [-0.2, 0) is 11.3 Å². The molecule has 2 aromatic rings. The van der Waals surface area contributed by atoms with Gasteiger partial charge in [0, 0.05) is 24.5 Å². The van der Waals surface area contributed by atoms with E-state index >= 15 is 0 Å². The number of aliphatic carboxylic acids is 1. The van der Waals surface area contributed by atoms with Gasteiger partial charge in [-0.2, -0.15) is 0 Å². The standard InChI is InChI=1S/C19H24N2O3/c1-3-4-5-17(19(22)23)21-13-16-12-15(6-7-18(16)24-2)14-8-10-20-11-9-14/h6-12,17,21H,3-5,13H2,1-2H3,(H,22,23). The number of nitrogens with zero attached hydrogens (tertiary/aromatic N) is 1. The second-order valence-electron chi connectivity index (χ2n) is 5.68. The highest BCUT2D eigenvalue weighted by molar-refractivity contribution is 5.73. The van der Waals surface area contributed by atoms with Crippen LogP contribution in [0.2, 0.25) is 0 Å². The summed E-state index contributed by atoms with van der Waals surface area (Å²) in [5.41, 5.74) is 3.06. The summed E-state index contributed by atoms with van der Waals surface area (Å²) in [5, 5.41) is 12.5. The van der Waals surface area contributed by atoms with Crippen molar-refractivity contribution in [3.63, 3.8) is 0 Å². The van der Waals surface area contributed by atoms with E-state index in [4.69, 9.17) is 4.74 Å². The Morgan fingerprint density at radius 3 is 2.62 bits per heavy atom. The van der Waals surface area contributed by atoms with E-state index in [1.165, 1.54) is 0 Å². The van der Waals surface area contributed by atoms with Gasteiger partial charge in [0.25, 0.3) is 0 Å². The Morgan fingerprint density at radius 2 is 2.00 bits per heavy atom. The Balaban J connectivity index is 2.17. The fourth-order valence-corrected chi connectivity index (χ4v) is 2.59. The molecular formula is C19H24N2O3. The molecule has 0 bridgehead atoms. The highest BCUT2D eigenvalue weighted by Crippen LogP contribution is 2.26. The molecule has 0 saturated carbocycles. The second kappa shape index (κ2) is 9.03. The quantitative estimate of drug-likeness (QED) is 0.737. The molecule has 0 radical (unpaired) electrons. The summed E-state index contributed by atoms with van der Waals surface area (Å²) >= 11 is 0. The molecule has 1 atom stereocenters. The molecule has 1 unspecified atom stereocenters. The molecule has 1 aromatic heterocycles. The Labute approximate surface area is 142 Å². The zero-order valence-electron chi connectivity index (χ0n) is 14.2. The molecule has 2 rings (SSSR count). The van der Waals surface area contributed by atoms with Gasteiger partial charge in [0.15, 0.2) is 0 Å². The molecule has 1 heterocycles. The lowest BCUT2D eigenvalue weighted by Crippen LogP contribution is -2.36. The van der Waals surface area contributed by atoms with Gasteiger partial charge < -0.3 is 15.2 Å². The number of pyridine rings is 1. The van der Waals surface area contributed by atoms with E-state index in [0.717, 1.165) is 35.3 Å². The van der Waals surface area contributed by atoms with Crippen LogP contribution in [0, 0.1) is 0 Å². The van der Waals surface area contributed by atoms with Crippen molar-refractivity contribution in [2.75, 3.05) is 7.11 Å². The fourth-order valence-electron chi connectivity index (χ4n) is 2.59. The Morgan fingerprint density at radius 1 is 1.25 bits per heavy atom. The summed E-state index contributed by atoms with van der Waals surface area (Å²) in [7, 11) is 1.62. The van der Waals surface area contributed by atoms with E-state index in [2.05, 4.69) is 17.2 Å². The number of unbranched alkanes of at least 4 members (excludes halogenated alkanes) is 1. The molecule has 24 heavy (non-hydrogen) atoms. The summed E-state index contributed by atoms with van der Waals surface area (Å²) in [6.45, 7) is 2.50. The smallest absolute Gasteiger partial charge is 0.320 e. The van der Waals surface area contributed by atoms with Crippen molar-refractivity contribution in [3.05, 3.63) is 48.3 Å². The van der Waals surface area contributed by atoms with E-state index in [1.807, 2.05) is 30.3 Å². The molecule has 0 aliphatic heterocycles. The lowest BCUT2D eigenvalue weighted by atomic mass is 10.0. The molecule has 0 fully saturated rings. The number of benzene rings is 1. The molecule has 0 spiro atoms. The number of carbonyl (C=O) groups is 1. The van der Waals surface area contributed by atoms with Crippen LogP contribution in [0.1, 0.15) is 31.7 Å². The number of nitrogens with one attached hydrogen (secondary N) is 1. The third kappa shape index (κ3) is 4.80. The van der Waals surface area contributed by atoms with E-state index in [0.29, 0.717) is 13.0 Å². The maximum absolute atomic E-state index is 11.4.